The van der Waals surface area contributed by atoms with Crippen molar-refractivity contribution >= 4 is 10.8 Å². The van der Waals surface area contributed by atoms with Crippen LogP contribution in [0.4, 0.5) is 0 Å². The molecule has 17 heavy (non-hydrogen) atoms. The van der Waals surface area contributed by atoms with Crippen molar-refractivity contribution in [1.29, 1.82) is 0 Å². The van der Waals surface area contributed by atoms with Crippen molar-refractivity contribution in [3.05, 3.63) is 0 Å². The van der Waals surface area contributed by atoms with E-state index in [-0.39, 0.29) is 0 Å². The van der Waals surface area contributed by atoms with Gasteiger partial charge in [-0.25, -0.2) is 0 Å². The van der Waals surface area contributed by atoms with Crippen LogP contribution < -0.4 is 0 Å². The van der Waals surface area contributed by atoms with Crippen LogP contribution in [0.15, 0.2) is 0 Å². The van der Waals surface area contributed by atoms with Gasteiger partial charge in [0, 0.05) is 21.3 Å². The van der Waals surface area contributed by atoms with E-state index >= 15 is 0 Å². The zero-order chi connectivity index (χ0) is 12.3. The number of hydrogen-bond acceptors (Lipinski definition) is 2. The lowest BCUT2D eigenvalue weighted by Crippen LogP contribution is -2.42. The molecule has 2 heterocycles. The summed E-state index contributed by atoms with van der Waals surface area (Å²) in [5.74, 6) is 0. The molecule has 0 saturated carbocycles. The van der Waals surface area contributed by atoms with Gasteiger partial charge in [-0.15, -0.1) is 0 Å². The van der Waals surface area contributed by atoms with Crippen molar-refractivity contribution in [1.82, 2.24) is 0 Å². The Morgan fingerprint density at radius 2 is 1.71 bits per heavy atom. The molecule has 2 bridgehead atoms. The summed E-state index contributed by atoms with van der Waals surface area (Å²) in [7, 11) is -0.636. The van der Waals surface area contributed by atoms with Crippen LogP contribution in [0.2, 0.25) is 0 Å². The summed E-state index contributed by atoms with van der Waals surface area (Å²) < 4.78 is 11.9. The van der Waals surface area contributed by atoms with Crippen molar-refractivity contribution in [2.75, 3.05) is 0 Å². The first-order valence-electron chi connectivity index (χ1n) is 7.26. The zero-order valence-electron chi connectivity index (χ0n) is 11.0. The van der Waals surface area contributed by atoms with Crippen molar-refractivity contribution < 1.29 is 9.32 Å². The van der Waals surface area contributed by atoms with Crippen LogP contribution in [0.25, 0.3) is 0 Å². The molecule has 2 aliphatic heterocycles. The Bertz CT molecular complexity index is 261. The van der Waals surface area contributed by atoms with E-state index in [0.29, 0.717) is 10.5 Å². The topological polar surface area (TPSA) is 37.3 Å². The number of unbranched alkanes of at least 4 members (excludes halogenated alkanes) is 4. The summed E-state index contributed by atoms with van der Waals surface area (Å²) in [6.45, 7) is 2.22. The van der Waals surface area contributed by atoms with Crippen LogP contribution in [-0.2, 0) is 10.8 Å². The van der Waals surface area contributed by atoms with E-state index in [9.17, 15) is 9.32 Å². The molecule has 1 N–H and O–H groups in total. The van der Waals surface area contributed by atoms with Crippen LogP contribution in [0.3, 0.4) is 0 Å². The summed E-state index contributed by atoms with van der Waals surface area (Å²) in [6, 6.07) is 0. The van der Waals surface area contributed by atoms with E-state index in [1.807, 2.05) is 0 Å². The molecule has 2 saturated heterocycles. The fourth-order valence-electron chi connectivity index (χ4n) is 3.44. The number of aliphatic hydroxyl groups is 1. The highest BCUT2D eigenvalue weighted by molar-refractivity contribution is 7.86. The summed E-state index contributed by atoms with van der Waals surface area (Å²) in [5, 5.41) is 11.2. The molecule has 0 radical (unpaired) electrons. The van der Waals surface area contributed by atoms with Gasteiger partial charge < -0.3 is 5.11 Å². The van der Waals surface area contributed by atoms with Crippen molar-refractivity contribution in [3.8, 4) is 0 Å². The molecule has 0 amide bonds. The van der Waals surface area contributed by atoms with Crippen LogP contribution >= 0.6 is 0 Å². The highest BCUT2D eigenvalue weighted by atomic mass is 32.2. The van der Waals surface area contributed by atoms with Gasteiger partial charge >= 0.3 is 0 Å². The SMILES string of the molecule is CCCCCCCC1(O)CC2CCC(C1)S2=O. The fourth-order valence-corrected chi connectivity index (χ4v) is 5.67. The molecule has 0 spiro atoms. The van der Waals surface area contributed by atoms with Crippen LogP contribution in [0.1, 0.15) is 71.1 Å². The van der Waals surface area contributed by atoms with Gasteiger partial charge in [0.2, 0.25) is 0 Å². The Labute approximate surface area is 108 Å². The Morgan fingerprint density at radius 1 is 1.12 bits per heavy atom. The van der Waals surface area contributed by atoms with Gasteiger partial charge in [0.25, 0.3) is 0 Å². The maximum absolute atomic E-state index is 11.9. The Kier molecular flexibility index (Phi) is 4.65. The van der Waals surface area contributed by atoms with Crippen molar-refractivity contribution in [2.24, 2.45) is 0 Å². The maximum atomic E-state index is 11.9. The molecule has 100 valence electrons. The Balaban J connectivity index is 1.75. The van der Waals surface area contributed by atoms with Gasteiger partial charge in [0.1, 0.15) is 0 Å². The lowest BCUT2D eigenvalue weighted by molar-refractivity contribution is 0.0119. The number of fused-ring (bicyclic) bond motifs is 2. The van der Waals surface area contributed by atoms with E-state index < -0.39 is 16.4 Å². The molecule has 2 aliphatic rings. The first-order valence-corrected chi connectivity index (χ1v) is 8.54. The lowest BCUT2D eigenvalue weighted by atomic mass is 9.88. The third kappa shape index (κ3) is 3.31. The molecule has 2 nitrogen and oxygen atoms in total. The molecule has 2 unspecified atom stereocenters. The maximum Gasteiger partial charge on any atom is 0.0670 e. The highest BCUT2D eigenvalue weighted by Crippen LogP contribution is 2.42. The van der Waals surface area contributed by atoms with Crippen molar-refractivity contribution in [2.45, 2.75) is 87.2 Å². The Morgan fingerprint density at radius 3 is 2.29 bits per heavy atom. The highest BCUT2D eigenvalue weighted by Gasteiger charge is 2.46. The summed E-state index contributed by atoms with van der Waals surface area (Å²) >= 11 is 0. The average molecular weight is 258 g/mol. The van der Waals surface area contributed by atoms with E-state index in [2.05, 4.69) is 6.92 Å². The van der Waals surface area contributed by atoms with Gasteiger partial charge in [0.15, 0.2) is 0 Å². The first-order chi connectivity index (χ1) is 8.14. The van der Waals surface area contributed by atoms with E-state index in [4.69, 9.17) is 0 Å². The van der Waals surface area contributed by atoms with Crippen molar-refractivity contribution in [3.63, 3.8) is 0 Å². The molecule has 2 rings (SSSR count). The third-order valence-electron chi connectivity index (χ3n) is 4.43. The second-order valence-electron chi connectivity index (χ2n) is 5.95. The quantitative estimate of drug-likeness (QED) is 0.743. The minimum atomic E-state index is -0.636. The summed E-state index contributed by atoms with van der Waals surface area (Å²) in [5.41, 5.74) is -0.480. The van der Waals surface area contributed by atoms with Gasteiger partial charge in [-0.2, -0.15) is 0 Å². The third-order valence-corrected chi connectivity index (χ3v) is 6.55. The summed E-state index contributed by atoms with van der Waals surface area (Å²) in [6.07, 6.45) is 10.9. The monoisotopic (exact) mass is 258 g/mol. The number of rotatable bonds is 6. The van der Waals surface area contributed by atoms with Crippen LogP contribution in [0, 0.1) is 0 Å². The molecule has 0 aromatic heterocycles. The standard InChI is InChI=1S/C14H26O2S/c1-2-3-4-5-6-9-14(15)10-12-7-8-13(11-14)17(12)16/h12-13,15H,2-11H2,1H3. The lowest BCUT2D eigenvalue weighted by Gasteiger charge is -2.36. The molecular formula is C14H26O2S. The summed E-state index contributed by atoms with van der Waals surface area (Å²) in [4.78, 5) is 0. The second-order valence-corrected chi connectivity index (χ2v) is 7.94. The van der Waals surface area contributed by atoms with Gasteiger partial charge in [0.05, 0.1) is 5.60 Å². The molecule has 2 fully saturated rings. The second kappa shape index (κ2) is 5.83. The fraction of sp³-hybridized carbons (Fsp3) is 1.00. The largest absolute Gasteiger partial charge is 0.390 e. The van der Waals surface area contributed by atoms with Gasteiger partial charge in [-0.3, -0.25) is 4.21 Å². The molecule has 0 aliphatic carbocycles. The van der Waals surface area contributed by atoms with E-state index in [0.717, 1.165) is 38.5 Å². The predicted molar refractivity (Wildman–Crippen MR) is 72.5 cm³/mol. The van der Waals surface area contributed by atoms with E-state index in [1.54, 1.807) is 0 Å². The minimum Gasteiger partial charge on any atom is -0.390 e. The molecule has 2 atom stereocenters. The Hall–Kier alpha value is 0.110. The number of hydrogen-bond donors (Lipinski definition) is 1. The predicted octanol–water partition coefficient (Wildman–Crippen LogP) is 3.15. The first kappa shape index (κ1) is 13.5. The molecule has 0 aromatic carbocycles. The van der Waals surface area contributed by atoms with E-state index in [1.165, 1.54) is 25.7 Å². The smallest absolute Gasteiger partial charge is 0.0670 e. The zero-order valence-corrected chi connectivity index (χ0v) is 11.8. The van der Waals surface area contributed by atoms with Crippen LogP contribution in [-0.4, -0.2) is 25.4 Å². The molecule has 0 aromatic rings. The van der Waals surface area contributed by atoms with Gasteiger partial charge in [-0.05, 0) is 32.1 Å². The van der Waals surface area contributed by atoms with Gasteiger partial charge in [-0.1, -0.05) is 39.0 Å². The van der Waals surface area contributed by atoms with Crippen LogP contribution in [0.5, 0.6) is 0 Å². The normalized spacial score (nSPS) is 40.7. The minimum absolute atomic E-state index is 0.300. The average Bonchev–Trinajstić information content (AvgIpc) is 2.53. The molecule has 3 heteroatoms. The molecular weight excluding hydrogens is 232 g/mol.